The van der Waals surface area contributed by atoms with Crippen LogP contribution < -0.4 is 15.4 Å². The second kappa shape index (κ2) is 10.2. The van der Waals surface area contributed by atoms with Gasteiger partial charge in [-0.3, -0.25) is 0 Å². The molecule has 1 heterocycles. The van der Waals surface area contributed by atoms with Crippen LogP contribution in [0.2, 0.25) is 5.02 Å². The number of anilines is 2. The van der Waals surface area contributed by atoms with Gasteiger partial charge in [-0.2, -0.15) is 0 Å². The van der Waals surface area contributed by atoms with Crippen molar-refractivity contribution < 1.29 is 23.4 Å². The summed E-state index contributed by atoms with van der Waals surface area (Å²) in [6, 6.07) is 14.8. The van der Waals surface area contributed by atoms with E-state index in [4.69, 9.17) is 16.3 Å². The lowest BCUT2D eigenvalue weighted by Gasteiger charge is -2.44. The highest BCUT2D eigenvalue weighted by molar-refractivity contribution is 6.30. The van der Waals surface area contributed by atoms with Crippen molar-refractivity contribution in [3.8, 4) is 5.75 Å². The van der Waals surface area contributed by atoms with Crippen LogP contribution in [0.15, 0.2) is 54.6 Å². The van der Waals surface area contributed by atoms with Gasteiger partial charge in [-0.1, -0.05) is 49.1 Å². The van der Waals surface area contributed by atoms with Crippen molar-refractivity contribution in [1.82, 2.24) is 0 Å². The topological polar surface area (TPSA) is 70.6 Å². The first-order valence-corrected chi connectivity index (χ1v) is 12.9. The van der Waals surface area contributed by atoms with Gasteiger partial charge in [0.15, 0.2) is 11.6 Å². The molecular weight excluding hydrogens is 498 g/mol. The minimum atomic E-state index is -1.01. The van der Waals surface area contributed by atoms with Crippen molar-refractivity contribution in [2.45, 2.75) is 44.7 Å². The Morgan fingerprint density at radius 3 is 2.27 bits per heavy atom. The van der Waals surface area contributed by atoms with Gasteiger partial charge >= 0.3 is 5.97 Å². The summed E-state index contributed by atoms with van der Waals surface area (Å²) in [5.41, 5.74) is 1.63. The number of hydrogen-bond donors (Lipinski definition) is 3. The summed E-state index contributed by atoms with van der Waals surface area (Å²) in [5, 5.41) is 17.1. The highest BCUT2D eigenvalue weighted by Crippen LogP contribution is 2.49. The first-order chi connectivity index (χ1) is 17.8. The Kier molecular flexibility index (Phi) is 6.99. The normalized spacial score (nSPS) is 17.4. The SMILES string of the molecule is Cc1c(OCC(C2CCCCC2)C2(c3ccc(Cl)cc3)Nc3cc(F)c(F)cc3N2)cccc1C(=O)O. The number of rotatable bonds is 7. The van der Waals surface area contributed by atoms with Crippen LogP contribution in [0.4, 0.5) is 20.2 Å². The van der Waals surface area contributed by atoms with Crippen LogP contribution in [-0.4, -0.2) is 17.7 Å². The summed E-state index contributed by atoms with van der Waals surface area (Å²) < 4.78 is 34.8. The van der Waals surface area contributed by atoms with Crippen LogP contribution in [0, 0.1) is 30.4 Å². The molecule has 0 amide bonds. The molecule has 0 spiro atoms. The number of aromatic carboxylic acids is 1. The molecule has 1 atom stereocenters. The van der Waals surface area contributed by atoms with Crippen molar-refractivity contribution in [2.75, 3.05) is 17.2 Å². The molecule has 1 unspecified atom stereocenters. The minimum absolute atomic E-state index is 0.166. The molecule has 3 aromatic carbocycles. The summed E-state index contributed by atoms with van der Waals surface area (Å²) in [4.78, 5) is 11.7. The molecule has 0 saturated heterocycles. The van der Waals surface area contributed by atoms with Gasteiger partial charge in [0.1, 0.15) is 11.4 Å². The molecule has 1 saturated carbocycles. The van der Waals surface area contributed by atoms with Gasteiger partial charge in [-0.05, 0) is 55.5 Å². The Hall–Kier alpha value is -3.32. The fraction of sp³-hybridized carbons (Fsp3) is 0.345. The zero-order chi connectivity index (χ0) is 26.2. The van der Waals surface area contributed by atoms with E-state index in [9.17, 15) is 18.7 Å². The molecule has 1 aliphatic heterocycles. The maximum Gasteiger partial charge on any atom is 0.336 e. The van der Waals surface area contributed by atoms with Gasteiger partial charge in [0.05, 0.1) is 23.5 Å². The second-order valence-corrected chi connectivity index (χ2v) is 10.4. The van der Waals surface area contributed by atoms with Crippen LogP contribution in [0.5, 0.6) is 5.75 Å². The van der Waals surface area contributed by atoms with E-state index in [1.54, 1.807) is 37.3 Å². The number of carbonyl (C=O) groups is 1. The molecule has 1 aliphatic carbocycles. The zero-order valence-electron chi connectivity index (χ0n) is 20.5. The van der Waals surface area contributed by atoms with E-state index < -0.39 is 23.3 Å². The number of halogens is 3. The van der Waals surface area contributed by atoms with Gasteiger partial charge in [-0.15, -0.1) is 0 Å². The molecule has 0 aromatic heterocycles. The van der Waals surface area contributed by atoms with E-state index in [0.717, 1.165) is 37.7 Å². The Bertz CT molecular complexity index is 1280. The number of ether oxygens (including phenoxy) is 1. The third-order valence-corrected chi connectivity index (χ3v) is 7.98. The van der Waals surface area contributed by atoms with Crippen molar-refractivity contribution in [1.29, 1.82) is 0 Å². The average Bonchev–Trinajstić information content (AvgIpc) is 3.25. The zero-order valence-corrected chi connectivity index (χ0v) is 21.2. The summed E-state index contributed by atoms with van der Waals surface area (Å²) in [5.74, 6) is -2.28. The van der Waals surface area contributed by atoms with Gasteiger partial charge in [0.2, 0.25) is 0 Å². The molecule has 0 radical (unpaired) electrons. The smallest absolute Gasteiger partial charge is 0.336 e. The maximum atomic E-state index is 14.2. The van der Waals surface area contributed by atoms with Crippen LogP contribution in [-0.2, 0) is 5.66 Å². The predicted molar refractivity (Wildman–Crippen MR) is 140 cm³/mol. The number of carboxylic acid groups (broad SMARTS) is 1. The molecule has 37 heavy (non-hydrogen) atoms. The van der Waals surface area contributed by atoms with Gasteiger partial charge in [0, 0.05) is 28.6 Å². The van der Waals surface area contributed by atoms with Crippen LogP contribution >= 0.6 is 11.6 Å². The van der Waals surface area contributed by atoms with Crippen LogP contribution in [0.3, 0.4) is 0 Å². The molecular formula is C29H29ClF2N2O3. The minimum Gasteiger partial charge on any atom is -0.493 e. The van der Waals surface area contributed by atoms with Gasteiger partial charge in [-0.25, -0.2) is 13.6 Å². The van der Waals surface area contributed by atoms with Crippen molar-refractivity contribution in [2.24, 2.45) is 11.8 Å². The molecule has 2 aliphatic rings. The molecule has 5 nitrogen and oxygen atoms in total. The predicted octanol–water partition coefficient (Wildman–Crippen LogP) is 7.59. The van der Waals surface area contributed by atoms with E-state index in [1.807, 2.05) is 12.1 Å². The fourth-order valence-electron chi connectivity index (χ4n) is 5.80. The highest BCUT2D eigenvalue weighted by atomic mass is 35.5. The van der Waals surface area contributed by atoms with Crippen LogP contribution in [0.1, 0.15) is 53.6 Å². The molecule has 1 fully saturated rings. The lowest BCUT2D eigenvalue weighted by atomic mass is 9.72. The Labute approximate surface area is 219 Å². The largest absolute Gasteiger partial charge is 0.493 e. The number of carboxylic acids is 1. The molecule has 8 heteroatoms. The molecule has 3 N–H and O–H groups in total. The number of nitrogens with one attached hydrogen (secondary N) is 2. The van der Waals surface area contributed by atoms with Crippen LogP contribution in [0.25, 0.3) is 0 Å². The Morgan fingerprint density at radius 2 is 1.68 bits per heavy atom. The third kappa shape index (κ3) is 4.85. The highest BCUT2D eigenvalue weighted by Gasteiger charge is 2.49. The summed E-state index contributed by atoms with van der Waals surface area (Å²) in [6.07, 6.45) is 5.30. The monoisotopic (exact) mass is 526 g/mol. The molecule has 0 bridgehead atoms. The number of fused-ring (bicyclic) bond motifs is 1. The van der Waals surface area contributed by atoms with E-state index in [0.29, 0.717) is 27.7 Å². The van der Waals surface area contributed by atoms with Crippen molar-refractivity contribution in [3.63, 3.8) is 0 Å². The second-order valence-electron chi connectivity index (χ2n) is 9.93. The lowest BCUT2D eigenvalue weighted by molar-refractivity contribution is 0.0694. The molecule has 194 valence electrons. The maximum absolute atomic E-state index is 14.2. The quantitative estimate of drug-likeness (QED) is 0.296. The molecule has 5 rings (SSSR count). The first kappa shape index (κ1) is 25.3. The van der Waals surface area contributed by atoms with Crippen molar-refractivity contribution >= 4 is 28.9 Å². The lowest BCUT2D eigenvalue weighted by Crippen LogP contribution is -2.51. The third-order valence-electron chi connectivity index (χ3n) is 7.73. The summed E-state index contributed by atoms with van der Waals surface area (Å²) in [6.45, 7) is 1.99. The fourth-order valence-corrected chi connectivity index (χ4v) is 5.93. The van der Waals surface area contributed by atoms with Crippen molar-refractivity contribution in [3.05, 3.63) is 87.9 Å². The Morgan fingerprint density at radius 1 is 1.05 bits per heavy atom. The Balaban J connectivity index is 1.58. The first-order valence-electron chi connectivity index (χ1n) is 12.6. The van der Waals surface area contributed by atoms with Gasteiger partial charge in [0.25, 0.3) is 0 Å². The average molecular weight is 527 g/mol. The number of benzene rings is 3. The molecule has 3 aromatic rings. The van der Waals surface area contributed by atoms with Gasteiger partial charge < -0.3 is 20.5 Å². The van der Waals surface area contributed by atoms with E-state index in [2.05, 4.69) is 10.6 Å². The van der Waals surface area contributed by atoms with E-state index in [-0.39, 0.29) is 24.0 Å². The summed E-state index contributed by atoms with van der Waals surface area (Å²) in [7, 11) is 0. The standard InChI is InChI=1S/C29H29ClF2N2O3/c1-17-21(28(35)36)8-5-9-27(17)37-16-22(18-6-3-2-4-7-18)29(19-10-12-20(30)13-11-19)33-25-14-23(31)24(32)15-26(25)34-29/h5,8-15,18,22,33-34H,2-4,6-7,16H2,1H3,(H,35,36). The van der Waals surface area contributed by atoms with E-state index in [1.165, 1.54) is 12.1 Å². The van der Waals surface area contributed by atoms with E-state index >= 15 is 0 Å². The number of hydrogen-bond acceptors (Lipinski definition) is 4. The summed E-state index contributed by atoms with van der Waals surface area (Å²) >= 11 is 6.21.